The molecule has 9 heteroatoms. The molecule has 0 bridgehead atoms. The standard InChI is InChI=1S/C23H21N5O3S/c1-4-13-27(2)32(30,31)18-11-9-17(10-12-18)25-23-24-15-16-14-21(29)28(3)20-8-6-5-7-19(20)22(16)26-23/h1,5-12,15H,13-14H2,2-3H3,(H,24,25,26). The third-order valence-corrected chi connectivity index (χ3v) is 7.05. The number of carbonyl (C=O) groups excluding carboxylic acids is 1. The predicted octanol–water partition coefficient (Wildman–Crippen LogP) is 2.66. The average Bonchev–Trinajstić information content (AvgIpc) is 2.89. The van der Waals surface area contributed by atoms with Crippen molar-refractivity contribution in [3.63, 3.8) is 0 Å². The van der Waals surface area contributed by atoms with Crippen molar-refractivity contribution < 1.29 is 13.2 Å². The predicted molar refractivity (Wildman–Crippen MR) is 123 cm³/mol. The van der Waals surface area contributed by atoms with Gasteiger partial charge in [-0.25, -0.2) is 18.4 Å². The van der Waals surface area contributed by atoms with E-state index in [1.54, 1.807) is 30.3 Å². The average molecular weight is 448 g/mol. The van der Waals surface area contributed by atoms with Crippen LogP contribution in [-0.2, 0) is 21.2 Å². The molecule has 0 unspecified atom stereocenters. The Morgan fingerprint density at radius 1 is 1.19 bits per heavy atom. The number of para-hydroxylation sites is 1. The Bertz CT molecular complexity index is 1330. The van der Waals surface area contributed by atoms with Crippen molar-refractivity contribution in [2.24, 2.45) is 0 Å². The molecule has 2 heterocycles. The van der Waals surface area contributed by atoms with Crippen LogP contribution in [0.15, 0.2) is 59.6 Å². The summed E-state index contributed by atoms with van der Waals surface area (Å²) in [5, 5.41) is 3.10. The first-order valence-corrected chi connectivity index (χ1v) is 11.2. The molecule has 1 amide bonds. The van der Waals surface area contributed by atoms with E-state index in [0.717, 1.165) is 21.1 Å². The van der Waals surface area contributed by atoms with Gasteiger partial charge < -0.3 is 10.2 Å². The highest BCUT2D eigenvalue weighted by Crippen LogP contribution is 2.35. The molecule has 0 spiro atoms. The van der Waals surface area contributed by atoms with Gasteiger partial charge in [-0.3, -0.25) is 4.79 Å². The fourth-order valence-corrected chi connectivity index (χ4v) is 4.53. The number of anilines is 3. The van der Waals surface area contributed by atoms with Gasteiger partial charge in [0.1, 0.15) is 0 Å². The molecule has 4 rings (SSSR count). The number of rotatable bonds is 5. The minimum Gasteiger partial charge on any atom is -0.324 e. The van der Waals surface area contributed by atoms with Crippen LogP contribution in [0.25, 0.3) is 11.3 Å². The summed E-state index contributed by atoms with van der Waals surface area (Å²) in [6.45, 7) is -0.00946. The van der Waals surface area contributed by atoms with Gasteiger partial charge >= 0.3 is 0 Å². The van der Waals surface area contributed by atoms with Crippen molar-refractivity contribution in [3.05, 3.63) is 60.3 Å². The van der Waals surface area contributed by atoms with Crippen molar-refractivity contribution in [1.29, 1.82) is 0 Å². The summed E-state index contributed by atoms with van der Waals surface area (Å²) >= 11 is 0. The van der Waals surface area contributed by atoms with Crippen LogP contribution in [0.4, 0.5) is 17.3 Å². The van der Waals surface area contributed by atoms with E-state index in [1.807, 2.05) is 24.3 Å². The van der Waals surface area contributed by atoms with Crippen LogP contribution in [0.1, 0.15) is 5.56 Å². The Morgan fingerprint density at radius 3 is 2.62 bits per heavy atom. The first-order chi connectivity index (χ1) is 15.3. The molecule has 32 heavy (non-hydrogen) atoms. The monoisotopic (exact) mass is 447 g/mol. The van der Waals surface area contributed by atoms with Crippen LogP contribution in [-0.4, -0.2) is 49.2 Å². The normalized spacial score (nSPS) is 13.2. The summed E-state index contributed by atoms with van der Waals surface area (Å²) in [5.41, 5.74) is 3.69. The lowest BCUT2D eigenvalue weighted by Crippen LogP contribution is -2.27. The van der Waals surface area contributed by atoms with E-state index in [-0.39, 0.29) is 23.8 Å². The molecule has 0 radical (unpaired) electrons. The van der Waals surface area contributed by atoms with Crippen LogP contribution >= 0.6 is 0 Å². The second-order valence-corrected chi connectivity index (χ2v) is 9.37. The lowest BCUT2D eigenvalue weighted by molar-refractivity contribution is -0.117. The van der Waals surface area contributed by atoms with E-state index in [2.05, 4.69) is 21.2 Å². The molecular weight excluding hydrogens is 426 g/mol. The minimum absolute atomic E-state index is 0.00946. The van der Waals surface area contributed by atoms with Gasteiger partial charge in [0.2, 0.25) is 21.9 Å². The molecule has 0 saturated heterocycles. The molecule has 1 aromatic heterocycles. The van der Waals surface area contributed by atoms with E-state index < -0.39 is 10.0 Å². The Kier molecular flexibility index (Phi) is 5.65. The van der Waals surface area contributed by atoms with E-state index in [0.29, 0.717) is 17.3 Å². The molecule has 1 N–H and O–H groups in total. The van der Waals surface area contributed by atoms with Crippen molar-refractivity contribution in [3.8, 4) is 23.6 Å². The number of carbonyl (C=O) groups is 1. The van der Waals surface area contributed by atoms with Crippen LogP contribution in [0.2, 0.25) is 0 Å². The fourth-order valence-electron chi connectivity index (χ4n) is 3.44. The van der Waals surface area contributed by atoms with Gasteiger partial charge in [-0.1, -0.05) is 24.1 Å². The van der Waals surface area contributed by atoms with Crippen molar-refractivity contribution in [2.75, 3.05) is 30.9 Å². The number of likely N-dealkylation sites (N-methyl/N-ethyl adjacent to an activating group) is 1. The number of hydrogen-bond acceptors (Lipinski definition) is 6. The second kappa shape index (κ2) is 8.42. The van der Waals surface area contributed by atoms with E-state index in [1.165, 1.54) is 19.2 Å². The molecule has 3 aromatic rings. The molecule has 162 valence electrons. The van der Waals surface area contributed by atoms with Crippen LogP contribution in [0, 0.1) is 12.3 Å². The number of sulfonamides is 1. The first kappa shape index (κ1) is 21.5. The first-order valence-electron chi connectivity index (χ1n) is 9.80. The summed E-state index contributed by atoms with van der Waals surface area (Å²) < 4.78 is 26.1. The smallest absolute Gasteiger partial charge is 0.243 e. The van der Waals surface area contributed by atoms with Crippen molar-refractivity contribution in [1.82, 2.24) is 14.3 Å². The molecule has 1 aliphatic rings. The second-order valence-electron chi connectivity index (χ2n) is 7.33. The number of benzene rings is 2. The third kappa shape index (κ3) is 3.93. The maximum atomic E-state index is 12.5. The zero-order valence-corrected chi connectivity index (χ0v) is 18.4. The Hall–Kier alpha value is -3.74. The molecule has 0 atom stereocenters. The summed E-state index contributed by atoms with van der Waals surface area (Å²) in [7, 11) is -0.474. The van der Waals surface area contributed by atoms with Crippen LogP contribution in [0.5, 0.6) is 0 Å². The number of amides is 1. The topological polar surface area (TPSA) is 95.5 Å². The van der Waals surface area contributed by atoms with E-state index in [9.17, 15) is 13.2 Å². The molecule has 2 aromatic carbocycles. The Balaban J connectivity index is 1.64. The molecule has 8 nitrogen and oxygen atoms in total. The molecule has 0 aliphatic carbocycles. The third-order valence-electron chi connectivity index (χ3n) is 5.23. The van der Waals surface area contributed by atoms with Gasteiger partial charge in [0.05, 0.1) is 29.2 Å². The molecular formula is C23H21N5O3S. The Labute approximate surface area is 187 Å². The summed E-state index contributed by atoms with van der Waals surface area (Å²) in [6, 6.07) is 13.9. The van der Waals surface area contributed by atoms with Crippen LogP contribution < -0.4 is 10.2 Å². The number of nitrogens with one attached hydrogen (secondary N) is 1. The quantitative estimate of drug-likeness (QED) is 0.604. The lowest BCUT2D eigenvalue weighted by atomic mass is 10.1. The Morgan fingerprint density at radius 2 is 1.91 bits per heavy atom. The number of aromatic nitrogens is 2. The number of nitrogens with zero attached hydrogens (tertiary/aromatic N) is 4. The highest BCUT2D eigenvalue weighted by atomic mass is 32.2. The maximum absolute atomic E-state index is 12.5. The van der Waals surface area contributed by atoms with Gasteiger partial charge in [-0.05, 0) is 30.3 Å². The zero-order chi connectivity index (χ0) is 22.9. The minimum atomic E-state index is -3.66. The summed E-state index contributed by atoms with van der Waals surface area (Å²) in [6.07, 6.45) is 7.07. The molecule has 1 aliphatic heterocycles. The van der Waals surface area contributed by atoms with Gasteiger partial charge in [-0.15, -0.1) is 6.42 Å². The number of fused-ring (bicyclic) bond motifs is 3. The van der Waals surface area contributed by atoms with Crippen molar-refractivity contribution >= 4 is 33.3 Å². The van der Waals surface area contributed by atoms with Crippen molar-refractivity contribution in [2.45, 2.75) is 11.3 Å². The highest BCUT2D eigenvalue weighted by molar-refractivity contribution is 7.89. The fraction of sp³-hybridized carbons (Fsp3) is 0.174. The van der Waals surface area contributed by atoms with Crippen LogP contribution in [0.3, 0.4) is 0 Å². The number of hydrogen-bond donors (Lipinski definition) is 1. The van der Waals surface area contributed by atoms with Gasteiger partial charge in [0.25, 0.3) is 0 Å². The van der Waals surface area contributed by atoms with Gasteiger partial charge in [-0.2, -0.15) is 4.31 Å². The number of terminal acetylenes is 1. The SMILES string of the molecule is C#CCN(C)S(=O)(=O)c1ccc(Nc2ncc3c(n2)-c2ccccc2N(C)C(=O)C3)cc1. The maximum Gasteiger partial charge on any atom is 0.243 e. The largest absolute Gasteiger partial charge is 0.324 e. The van der Waals surface area contributed by atoms with E-state index >= 15 is 0 Å². The highest BCUT2D eigenvalue weighted by Gasteiger charge is 2.25. The van der Waals surface area contributed by atoms with Gasteiger partial charge in [0.15, 0.2) is 0 Å². The molecule has 0 fully saturated rings. The van der Waals surface area contributed by atoms with Gasteiger partial charge in [0, 0.05) is 37.1 Å². The molecule has 0 saturated carbocycles. The lowest BCUT2D eigenvalue weighted by Gasteiger charge is -2.17. The zero-order valence-electron chi connectivity index (χ0n) is 17.6. The van der Waals surface area contributed by atoms with E-state index in [4.69, 9.17) is 6.42 Å². The summed E-state index contributed by atoms with van der Waals surface area (Å²) in [4.78, 5) is 23.3. The summed E-state index contributed by atoms with van der Waals surface area (Å²) in [5.74, 6) is 2.63.